The van der Waals surface area contributed by atoms with Gasteiger partial charge in [-0.15, -0.1) is 0 Å². The number of carbonyl (C=O) groups is 1. The third kappa shape index (κ3) is 1.87. The highest BCUT2D eigenvalue weighted by Gasteiger charge is 2.03. The molecule has 1 rings (SSSR count). The average Bonchev–Trinajstić information content (AvgIpc) is 2.30. The van der Waals surface area contributed by atoms with Crippen LogP contribution in [0.15, 0.2) is 12.3 Å². The molecule has 3 nitrogen and oxygen atoms in total. The van der Waals surface area contributed by atoms with Gasteiger partial charge in [0.15, 0.2) is 0 Å². The number of carboxylic acids is 1. The first-order chi connectivity index (χ1) is 5.61. The van der Waals surface area contributed by atoms with E-state index in [2.05, 4.69) is 0 Å². The van der Waals surface area contributed by atoms with Gasteiger partial charge in [0.1, 0.15) is 0 Å². The van der Waals surface area contributed by atoms with Crippen molar-refractivity contribution in [2.45, 2.75) is 19.8 Å². The Balaban J connectivity index is 2.63. The minimum absolute atomic E-state index is 0.213. The second-order valence-electron chi connectivity index (χ2n) is 2.93. The molecular weight excluding hydrogens is 154 g/mol. The molecule has 66 valence electrons. The largest absolute Gasteiger partial charge is 0.481 e. The van der Waals surface area contributed by atoms with Crippen LogP contribution in [0.5, 0.6) is 0 Å². The maximum absolute atomic E-state index is 10.3. The fourth-order valence-corrected chi connectivity index (χ4v) is 1.17. The molecule has 0 fully saturated rings. The molecule has 0 bridgehead atoms. The average molecular weight is 167 g/mol. The molecule has 0 saturated carbocycles. The Morgan fingerprint density at radius 3 is 2.75 bits per heavy atom. The molecule has 0 saturated heterocycles. The van der Waals surface area contributed by atoms with Crippen LogP contribution in [0, 0.1) is 6.92 Å². The monoisotopic (exact) mass is 167 g/mol. The van der Waals surface area contributed by atoms with Crippen LogP contribution in [0.3, 0.4) is 0 Å². The van der Waals surface area contributed by atoms with Gasteiger partial charge >= 0.3 is 5.97 Å². The van der Waals surface area contributed by atoms with E-state index in [1.54, 1.807) is 0 Å². The molecule has 1 N–H and O–H groups in total. The molecule has 0 aromatic carbocycles. The minimum atomic E-state index is -0.738. The third-order valence-corrected chi connectivity index (χ3v) is 2.10. The molecule has 1 aromatic heterocycles. The highest BCUT2D eigenvalue weighted by molar-refractivity contribution is 5.67. The normalized spacial score (nSPS) is 10.2. The summed E-state index contributed by atoms with van der Waals surface area (Å²) >= 11 is 0. The number of hydrogen-bond acceptors (Lipinski definition) is 1. The van der Waals surface area contributed by atoms with Crippen molar-refractivity contribution in [1.29, 1.82) is 0 Å². The first kappa shape index (κ1) is 8.84. The van der Waals surface area contributed by atoms with Crippen molar-refractivity contribution < 1.29 is 9.90 Å². The smallest absolute Gasteiger partial charge is 0.303 e. The van der Waals surface area contributed by atoms with Crippen molar-refractivity contribution in [1.82, 2.24) is 4.57 Å². The number of hydrogen-bond donors (Lipinski definition) is 1. The van der Waals surface area contributed by atoms with Gasteiger partial charge in [0.05, 0.1) is 0 Å². The van der Waals surface area contributed by atoms with Gasteiger partial charge in [-0.25, -0.2) is 0 Å². The summed E-state index contributed by atoms with van der Waals surface area (Å²) in [7, 11) is 1.96. The van der Waals surface area contributed by atoms with Crippen molar-refractivity contribution >= 4 is 5.97 Å². The standard InChI is InChI=1S/C9H13NO2/c1-7-8(3-4-9(11)12)5-6-10(7)2/h5-6H,3-4H2,1-2H3,(H,11,12). The van der Waals surface area contributed by atoms with Crippen LogP contribution in [0.1, 0.15) is 17.7 Å². The number of nitrogens with zero attached hydrogens (tertiary/aromatic N) is 1. The lowest BCUT2D eigenvalue weighted by Crippen LogP contribution is -1.98. The summed E-state index contributed by atoms with van der Waals surface area (Å²) in [6.45, 7) is 2.00. The SMILES string of the molecule is Cc1c(CCC(=O)O)ccn1C. The lowest BCUT2D eigenvalue weighted by Gasteiger charge is -1.99. The van der Waals surface area contributed by atoms with Crippen LogP contribution in [-0.4, -0.2) is 15.6 Å². The maximum Gasteiger partial charge on any atom is 0.303 e. The lowest BCUT2D eigenvalue weighted by atomic mass is 10.1. The molecule has 12 heavy (non-hydrogen) atoms. The molecule has 0 unspecified atom stereocenters. The first-order valence-electron chi connectivity index (χ1n) is 3.94. The molecular formula is C9H13NO2. The summed E-state index contributed by atoms with van der Waals surface area (Å²) in [5.74, 6) is -0.738. The first-order valence-corrected chi connectivity index (χ1v) is 3.94. The van der Waals surface area contributed by atoms with E-state index >= 15 is 0 Å². The van der Waals surface area contributed by atoms with Crippen molar-refractivity contribution in [2.75, 3.05) is 0 Å². The molecule has 0 aliphatic carbocycles. The van der Waals surface area contributed by atoms with E-state index in [1.807, 2.05) is 30.8 Å². The summed E-state index contributed by atoms with van der Waals surface area (Å²) in [6, 6.07) is 1.97. The molecule has 1 aromatic rings. The van der Waals surface area contributed by atoms with Crippen molar-refractivity contribution in [3.63, 3.8) is 0 Å². The summed E-state index contributed by atoms with van der Waals surface area (Å²) < 4.78 is 2.00. The zero-order chi connectivity index (χ0) is 9.14. The van der Waals surface area contributed by atoms with Gasteiger partial charge in [0.2, 0.25) is 0 Å². The molecule has 0 aliphatic heterocycles. The number of aryl methyl sites for hydroxylation is 2. The summed E-state index contributed by atoms with van der Waals surface area (Å²) in [5, 5.41) is 8.47. The Morgan fingerprint density at radius 2 is 2.33 bits per heavy atom. The summed E-state index contributed by atoms with van der Waals surface area (Å²) in [5.41, 5.74) is 2.27. The van der Waals surface area contributed by atoms with Gasteiger partial charge < -0.3 is 9.67 Å². The Labute approximate surface area is 71.6 Å². The van der Waals surface area contributed by atoms with E-state index in [9.17, 15) is 4.79 Å². The van der Waals surface area contributed by atoms with E-state index in [0.29, 0.717) is 6.42 Å². The zero-order valence-electron chi connectivity index (χ0n) is 7.37. The van der Waals surface area contributed by atoms with Crippen molar-refractivity contribution in [3.8, 4) is 0 Å². The van der Waals surface area contributed by atoms with Crippen LogP contribution in [0.4, 0.5) is 0 Å². The molecule has 0 amide bonds. The van der Waals surface area contributed by atoms with Gasteiger partial charge in [-0.05, 0) is 25.0 Å². The summed E-state index contributed by atoms with van der Waals surface area (Å²) in [4.78, 5) is 10.3. The van der Waals surface area contributed by atoms with Gasteiger partial charge in [0.25, 0.3) is 0 Å². The van der Waals surface area contributed by atoms with E-state index in [1.165, 1.54) is 0 Å². The Kier molecular flexibility index (Phi) is 2.53. The second kappa shape index (κ2) is 3.43. The van der Waals surface area contributed by atoms with Gasteiger partial charge in [-0.3, -0.25) is 4.79 Å². The number of aliphatic carboxylic acids is 1. The predicted octanol–water partition coefficient (Wildman–Crippen LogP) is 1.35. The molecule has 0 aliphatic rings. The Hall–Kier alpha value is -1.25. The van der Waals surface area contributed by atoms with Gasteiger partial charge in [-0.2, -0.15) is 0 Å². The van der Waals surface area contributed by atoms with Crippen LogP contribution < -0.4 is 0 Å². The lowest BCUT2D eigenvalue weighted by molar-refractivity contribution is -0.136. The molecule has 1 heterocycles. The van der Waals surface area contributed by atoms with Gasteiger partial charge in [0, 0.05) is 25.4 Å². The van der Waals surface area contributed by atoms with Crippen LogP contribution in [-0.2, 0) is 18.3 Å². The molecule has 0 spiro atoms. The van der Waals surface area contributed by atoms with Crippen molar-refractivity contribution in [2.24, 2.45) is 7.05 Å². The summed E-state index contributed by atoms with van der Waals surface area (Å²) in [6.07, 6.45) is 2.79. The highest BCUT2D eigenvalue weighted by atomic mass is 16.4. The fourth-order valence-electron chi connectivity index (χ4n) is 1.17. The number of carboxylic acid groups (broad SMARTS) is 1. The van der Waals surface area contributed by atoms with E-state index in [4.69, 9.17) is 5.11 Å². The Morgan fingerprint density at radius 1 is 1.67 bits per heavy atom. The van der Waals surface area contributed by atoms with Crippen LogP contribution in [0.2, 0.25) is 0 Å². The highest BCUT2D eigenvalue weighted by Crippen LogP contribution is 2.10. The number of rotatable bonds is 3. The Bertz CT molecular complexity index is 289. The minimum Gasteiger partial charge on any atom is -0.481 e. The van der Waals surface area contributed by atoms with Crippen LogP contribution >= 0.6 is 0 Å². The fraction of sp³-hybridized carbons (Fsp3) is 0.444. The zero-order valence-corrected chi connectivity index (χ0v) is 7.37. The number of aromatic nitrogens is 1. The van der Waals surface area contributed by atoms with Gasteiger partial charge in [-0.1, -0.05) is 0 Å². The maximum atomic E-state index is 10.3. The topological polar surface area (TPSA) is 42.2 Å². The quantitative estimate of drug-likeness (QED) is 0.738. The second-order valence-corrected chi connectivity index (χ2v) is 2.93. The van der Waals surface area contributed by atoms with E-state index in [-0.39, 0.29) is 6.42 Å². The predicted molar refractivity (Wildman–Crippen MR) is 46.1 cm³/mol. The van der Waals surface area contributed by atoms with Crippen molar-refractivity contribution in [3.05, 3.63) is 23.5 Å². The van der Waals surface area contributed by atoms with E-state index < -0.39 is 5.97 Å². The molecule has 0 atom stereocenters. The van der Waals surface area contributed by atoms with E-state index in [0.717, 1.165) is 11.3 Å². The molecule has 0 radical (unpaired) electrons. The molecule has 3 heteroatoms. The third-order valence-electron chi connectivity index (χ3n) is 2.10. The van der Waals surface area contributed by atoms with Crippen LogP contribution in [0.25, 0.3) is 0 Å².